The number of aromatic nitrogens is 3. The van der Waals surface area contributed by atoms with Gasteiger partial charge in [-0.15, -0.1) is 0 Å². The highest BCUT2D eigenvalue weighted by Crippen LogP contribution is 2.41. The predicted octanol–water partition coefficient (Wildman–Crippen LogP) is 3.89. The molecule has 2 aliphatic heterocycles. The monoisotopic (exact) mass is 439 g/mol. The third-order valence-corrected chi connectivity index (χ3v) is 6.08. The van der Waals surface area contributed by atoms with Crippen molar-refractivity contribution >= 4 is 5.95 Å². The number of hydrogen-bond donors (Lipinski definition) is 1. The fourth-order valence-electron chi connectivity index (χ4n) is 4.64. The van der Waals surface area contributed by atoms with Gasteiger partial charge in [-0.1, -0.05) is 6.07 Å². The van der Waals surface area contributed by atoms with Gasteiger partial charge >= 0.3 is 6.18 Å². The van der Waals surface area contributed by atoms with Crippen LogP contribution in [0.2, 0.25) is 0 Å². The number of fused-ring (bicyclic) bond motifs is 1. The minimum Gasteiger partial charge on any atom is -0.493 e. The summed E-state index contributed by atoms with van der Waals surface area (Å²) in [5.41, 5.74) is 1.09. The molecule has 3 atom stereocenters. The first-order chi connectivity index (χ1) is 14.9. The van der Waals surface area contributed by atoms with E-state index in [9.17, 15) is 13.2 Å². The number of methoxy groups -OCH3 is 1. The Morgan fingerprint density at radius 1 is 1.26 bits per heavy atom. The van der Waals surface area contributed by atoms with Crippen LogP contribution in [-0.2, 0) is 6.54 Å². The number of likely N-dealkylation sites (tertiary alicyclic amines) is 1. The van der Waals surface area contributed by atoms with Crippen LogP contribution in [-0.4, -0.2) is 58.7 Å². The maximum absolute atomic E-state index is 13.6. The van der Waals surface area contributed by atoms with E-state index >= 15 is 0 Å². The van der Waals surface area contributed by atoms with Gasteiger partial charge in [0.25, 0.3) is 0 Å². The van der Waals surface area contributed by atoms with Crippen molar-refractivity contribution in [1.82, 2.24) is 19.7 Å². The molecule has 1 N–H and O–H groups in total. The molecule has 2 aromatic rings. The molecule has 3 heterocycles. The van der Waals surface area contributed by atoms with Crippen molar-refractivity contribution in [2.24, 2.45) is 5.92 Å². The molecule has 2 aliphatic rings. The van der Waals surface area contributed by atoms with Gasteiger partial charge in [0.1, 0.15) is 6.33 Å². The van der Waals surface area contributed by atoms with E-state index in [1.165, 1.54) is 6.33 Å². The van der Waals surface area contributed by atoms with E-state index in [-0.39, 0.29) is 24.3 Å². The van der Waals surface area contributed by atoms with Crippen molar-refractivity contribution in [1.29, 1.82) is 0 Å². The van der Waals surface area contributed by atoms with Gasteiger partial charge in [0, 0.05) is 19.1 Å². The quantitative estimate of drug-likeness (QED) is 0.737. The van der Waals surface area contributed by atoms with E-state index in [0.717, 1.165) is 36.2 Å². The Kier molecular flexibility index (Phi) is 6.27. The Bertz CT molecular complexity index is 888. The van der Waals surface area contributed by atoms with Crippen LogP contribution >= 0.6 is 0 Å². The molecule has 0 radical (unpaired) electrons. The van der Waals surface area contributed by atoms with E-state index in [2.05, 4.69) is 20.3 Å². The van der Waals surface area contributed by atoms with E-state index in [1.54, 1.807) is 7.11 Å². The fraction of sp³-hybridized carbons (Fsp3) is 0.619. The van der Waals surface area contributed by atoms with Crippen LogP contribution in [0.3, 0.4) is 0 Å². The number of alkyl halides is 3. The van der Waals surface area contributed by atoms with Crippen molar-refractivity contribution < 1.29 is 22.6 Å². The van der Waals surface area contributed by atoms with Crippen molar-refractivity contribution in [3.05, 3.63) is 30.1 Å². The number of piperidine rings is 1. The smallest absolute Gasteiger partial charge is 0.411 e. The topological polar surface area (TPSA) is 64.4 Å². The average Bonchev–Trinajstić information content (AvgIpc) is 3.22. The second-order valence-electron chi connectivity index (χ2n) is 8.13. The molecule has 0 saturated carbocycles. The van der Waals surface area contributed by atoms with Crippen molar-refractivity contribution in [3.63, 3.8) is 0 Å². The maximum Gasteiger partial charge on any atom is 0.411 e. The van der Waals surface area contributed by atoms with E-state index in [0.29, 0.717) is 24.7 Å². The summed E-state index contributed by atoms with van der Waals surface area (Å²) in [5, 5.41) is 6.98. The zero-order chi connectivity index (χ0) is 22.0. The third kappa shape index (κ3) is 4.73. The Morgan fingerprint density at radius 2 is 2.10 bits per heavy atom. The zero-order valence-corrected chi connectivity index (χ0v) is 17.7. The summed E-state index contributed by atoms with van der Waals surface area (Å²) in [5.74, 6) is 1.70. The zero-order valence-electron chi connectivity index (χ0n) is 17.7. The largest absolute Gasteiger partial charge is 0.493 e. The summed E-state index contributed by atoms with van der Waals surface area (Å²) in [6.07, 6.45) is -1.37. The van der Waals surface area contributed by atoms with Crippen molar-refractivity contribution in [2.45, 2.75) is 51.0 Å². The number of ether oxygens (including phenoxy) is 2. The highest BCUT2D eigenvalue weighted by molar-refractivity contribution is 5.43. The van der Waals surface area contributed by atoms with Crippen molar-refractivity contribution in [3.8, 4) is 11.5 Å². The summed E-state index contributed by atoms with van der Waals surface area (Å²) in [4.78, 5) is 6.29. The molecule has 170 valence electrons. The molecule has 1 aromatic carbocycles. The summed E-state index contributed by atoms with van der Waals surface area (Å²) in [7, 11) is 1.61. The molecule has 10 heteroatoms. The maximum atomic E-state index is 13.6. The molecule has 0 aliphatic carbocycles. The molecule has 1 fully saturated rings. The Labute approximate surface area is 179 Å². The minimum absolute atomic E-state index is 0.0325. The molecule has 1 aromatic heterocycles. The Balaban J connectivity index is 1.44. The molecule has 0 bridgehead atoms. The molecule has 0 spiro atoms. The minimum atomic E-state index is -4.35. The SMILES string of the molecule is CCOc1ccc(CN2CCCC([C@@H]3C[C@H](C(F)(F)F)n4ncnc4N3)C2)cc1OC. The van der Waals surface area contributed by atoms with E-state index < -0.39 is 12.2 Å². The Morgan fingerprint density at radius 3 is 2.84 bits per heavy atom. The summed E-state index contributed by atoms with van der Waals surface area (Å²) in [6.45, 7) is 4.84. The molecular formula is C21H28F3N5O2. The molecule has 1 unspecified atom stereocenters. The van der Waals surface area contributed by atoms with Gasteiger partial charge in [-0.05, 0) is 56.3 Å². The number of nitrogens with zero attached hydrogens (tertiary/aromatic N) is 4. The lowest BCUT2D eigenvalue weighted by molar-refractivity contribution is -0.174. The van der Waals surface area contributed by atoms with E-state index in [1.807, 2.05) is 25.1 Å². The van der Waals surface area contributed by atoms with Gasteiger partial charge in [-0.2, -0.15) is 23.3 Å². The highest BCUT2D eigenvalue weighted by atomic mass is 19.4. The number of hydrogen-bond acceptors (Lipinski definition) is 6. The predicted molar refractivity (Wildman–Crippen MR) is 109 cm³/mol. The van der Waals surface area contributed by atoms with Gasteiger partial charge in [-0.3, -0.25) is 4.90 Å². The van der Waals surface area contributed by atoms with Gasteiger partial charge < -0.3 is 14.8 Å². The number of rotatable bonds is 6. The number of anilines is 1. The number of nitrogens with one attached hydrogen (secondary N) is 1. The average molecular weight is 439 g/mol. The van der Waals surface area contributed by atoms with Crippen LogP contribution < -0.4 is 14.8 Å². The molecule has 1 saturated heterocycles. The molecule has 0 amide bonds. The molecule has 7 nitrogen and oxygen atoms in total. The second kappa shape index (κ2) is 8.94. The first-order valence-corrected chi connectivity index (χ1v) is 10.6. The summed E-state index contributed by atoms with van der Waals surface area (Å²) < 4.78 is 52.8. The normalized spacial score (nSPS) is 24.4. The van der Waals surface area contributed by atoms with Crippen LogP contribution in [0.4, 0.5) is 19.1 Å². The van der Waals surface area contributed by atoms with Crippen LogP contribution in [0.25, 0.3) is 0 Å². The van der Waals surface area contributed by atoms with Gasteiger partial charge in [0.05, 0.1) is 13.7 Å². The van der Waals surface area contributed by atoms with Crippen LogP contribution in [0.5, 0.6) is 11.5 Å². The summed E-state index contributed by atoms with van der Waals surface area (Å²) >= 11 is 0. The lowest BCUT2D eigenvalue weighted by atomic mass is 9.86. The molecular weight excluding hydrogens is 411 g/mol. The number of halogens is 3. The first kappa shape index (κ1) is 21.7. The fourth-order valence-corrected chi connectivity index (χ4v) is 4.64. The molecule has 31 heavy (non-hydrogen) atoms. The Hall–Kier alpha value is -2.49. The standard InChI is InChI=1S/C21H28F3N5O2/c1-3-31-17-7-6-14(9-18(17)30-2)11-28-8-4-5-15(12-28)16-10-19(21(22,23)24)29-20(27-16)25-13-26-29/h6-7,9,13,15-16,19H,3-5,8,10-12H2,1-2H3,(H,25,26,27)/t15?,16-,19+/m0/s1. The van der Waals surface area contributed by atoms with Gasteiger partial charge in [-0.25, -0.2) is 4.68 Å². The lowest BCUT2D eigenvalue weighted by Crippen LogP contribution is -2.47. The molecule has 4 rings (SSSR count). The second-order valence-corrected chi connectivity index (χ2v) is 8.13. The highest BCUT2D eigenvalue weighted by Gasteiger charge is 2.48. The van der Waals surface area contributed by atoms with Gasteiger partial charge in [0.2, 0.25) is 5.95 Å². The number of benzene rings is 1. The van der Waals surface area contributed by atoms with Crippen molar-refractivity contribution in [2.75, 3.05) is 32.1 Å². The first-order valence-electron chi connectivity index (χ1n) is 10.6. The van der Waals surface area contributed by atoms with Gasteiger partial charge in [0.15, 0.2) is 17.5 Å². The van der Waals surface area contributed by atoms with Crippen LogP contribution in [0.15, 0.2) is 24.5 Å². The van der Waals surface area contributed by atoms with Crippen LogP contribution in [0.1, 0.15) is 37.8 Å². The lowest BCUT2D eigenvalue weighted by Gasteiger charge is -2.41. The van der Waals surface area contributed by atoms with Crippen LogP contribution in [0, 0.1) is 5.92 Å². The van der Waals surface area contributed by atoms with E-state index in [4.69, 9.17) is 9.47 Å². The summed E-state index contributed by atoms with van der Waals surface area (Å²) in [6, 6.07) is 3.96. The third-order valence-electron chi connectivity index (χ3n) is 6.08.